The summed E-state index contributed by atoms with van der Waals surface area (Å²) < 4.78 is 5.13. The highest BCUT2D eigenvalue weighted by atomic mass is 16.4. The van der Waals surface area contributed by atoms with Crippen molar-refractivity contribution in [2.75, 3.05) is 0 Å². The van der Waals surface area contributed by atoms with Crippen LogP contribution in [0.3, 0.4) is 0 Å². The van der Waals surface area contributed by atoms with Crippen LogP contribution in [0.1, 0.15) is 18.4 Å². The topological polar surface area (TPSA) is 50.4 Å². The number of furan rings is 1. The maximum Gasteiger partial charge on any atom is 0.177 e. The van der Waals surface area contributed by atoms with Gasteiger partial charge >= 0.3 is 0 Å². The van der Waals surface area contributed by atoms with Gasteiger partial charge in [0.2, 0.25) is 0 Å². The van der Waals surface area contributed by atoms with Crippen LogP contribution in [-0.2, 0) is 17.8 Å². The molecule has 0 atom stereocenters. The summed E-state index contributed by atoms with van der Waals surface area (Å²) in [5, 5.41) is 8.55. The van der Waals surface area contributed by atoms with Gasteiger partial charge in [0.05, 0.1) is 0 Å². The molecule has 0 spiro atoms. The molecule has 82 valence electrons. The first-order chi connectivity index (χ1) is 7.17. The molecule has 0 radical (unpaired) electrons. The van der Waals surface area contributed by atoms with E-state index in [1.54, 1.807) is 6.07 Å². The van der Waals surface area contributed by atoms with Crippen molar-refractivity contribution in [1.29, 1.82) is 0 Å². The van der Waals surface area contributed by atoms with E-state index in [9.17, 15) is 4.79 Å². The molecule has 1 N–H and O–H groups in total. The van der Waals surface area contributed by atoms with E-state index >= 15 is 0 Å². The molecule has 0 bridgehead atoms. The van der Waals surface area contributed by atoms with Crippen LogP contribution in [0.4, 0.5) is 0 Å². The Hall–Kier alpha value is -1.61. The molecule has 1 heterocycles. The van der Waals surface area contributed by atoms with Crippen LogP contribution >= 0.6 is 0 Å². The zero-order valence-electron chi connectivity index (χ0n) is 8.90. The van der Waals surface area contributed by atoms with Gasteiger partial charge in [0.15, 0.2) is 5.78 Å². The summed E-state index contributed by atoms with van der Waals surface area (Å²) >= 11 is 0. The maximum absolute atomic E-state index is 9.94. The molecule has 0 saturated heterocycles. The van der Waals surface area contributed by atoms with E-state index in [1.165, 1.54) is 12.2 Å². The Balaban J connectivity index is 0.000000288. The Bertz CT molecular complexity index is 295. The van der Waals surface area contributed by atoms with Gasteiger partial charge < -0.3 is 9.52 Å². The number of hydrogen-bond donors (Lipinski definition) is 1. The second-order valence-electron chi connectivity index (χ2n) is 2.69. The summed E-state index contributed by atoms with van der Waals surface area (Å²) in [6, 6.07) is 3.67. The summed E-state index contributed by atoms with van der Waals surface area (Å²) in [7, 11) is 0. The molecule has 15 heavy (non-hydrogen) atoms. The van der Waals surface area contributed by atoms with Crippen LogP contribution in [0.5, 0.6) is 0 Å². The van der Waals surface area contributed by atoms with Gasteiger partial charge in [0.1, 0.15) is 18.1 Å². The summed E-state index contributed by atoms with van der Waals surface area (Å²) in [6.07, 6.45) is 3.32. The van der Waals surface area contributed by atoms with Crippen molar-refractivity contribution in [3.63, 3.8) is 0 Å². The van der Waals surface area contributed by atoms with Crippen molar-refractivity contribution in [1.82, 2.24) is 0 Å². The zero-order chi connectivity index (χ0) is 11.7. The van der Waals surface area contributed by atoms with Gasteiger partial charge in [-0.25, -0.2) is 0 Å². The van der Waals surface area contributed by atoms with Crippen LogP contribution in [0.2, 0.25) is 0 Å². The molecule has 1 rings (SSSR count). The Kier molecular flexibility index (Phi) is 6.93. The van der Waals surface area contributed by atoms with Crippen molar-refractivity contribution < 1.29 is 14.3 Å². The highest BCUT2D eigenvalue weighted by Crippen LogP contribution is 2.07. The van der Waals surface area contributed by atoms with Crippen molar-refractivity contribution in [3.05, 3.63) is 49.0 Å². The monoisotopic (exact) mass is 208 g/mol. The highest BCUT2D eigenvalue weighted by Gasteiger charge is 1.95. The number of carbonyl (C=O) groups excluding carboxylic acids is 1. The molecule has 0 fully saturated rings. The molecule has 0 aromatic carbocycles. The summed E-state index contributed by atoms with van der Waals surface area (Å²) in [5.41, 5.74) is 0. The van der Waals surface area contributed by atoms with Crippen molar-refractivity contribution in [2.45, 2.75) is 20.0 Å². The van der Waals surface area contributed by atoms with Crippen molar-refractivity contribution in [2.24, 2.45) is 0 Å². The number of allylic oxidation sites excluding steroid dienone is 2. The number of ketones is 1. The molecule has 0 amide bonds. The molecule has 3 heteroatoms. The van der Waals surface area contributed by atoms with Crippen LogP contribution in [0.15, 0.2) is 41.9 Å². The lowest BCUT2D eigenvalue weighted by Gasteiger charge is -1.86. The minimum Gasteiger partial charge on any atom is -0.464 e. The number of carbonyl (C=O) groups is 1. The summed E-state index contributed by atoms with van der Waals surface area (Å²) in [4.78, 5) is 9.94. The quantitative estimate of drug-likeness (QED) is 0.772. The normalized spacial score (nSPS) is 8.67. The zero-order valence-corrected chi connectivity index (χ0v) is 8.90. The number of rotatable bonds is 4. The second kappa shape index (κ2) is 7.76. The third-order valence-corrected chi connectivity index (χ3v) is 1.62. The van der Waals surface area contributed by atoms with Gasteiger partial charge in [-0.3, -0.25) is 4.79 Å². The number of hydrogen-bond acceptors (Lipinski definition) is 3. The molecular formula is C12H16O3. The van der Waals surface area contributed by atoms with Gasteiger partial charge in [0.25, 0.3) is 0 Å². The van der Waals surface area contributed by atoms with E-state index < -0.39 is 0 Å². The van der Waals surface area contributed by atoms with E-state index in [4.69, 9.17) is 9.52 Å². The SMILES string of the molecule is C=CC(=O)C=C.CCc1ccc(CO)o1. The molecule has 0 aliphatic carbocycles. The van der Waals surface area contributed by atoms with Gasteiger partial charge in [0, 0.05) is 6.42 Å². The Morgan fingerprint density at radius 1 is 1.40 bits per heavy atom. The highest BCUT2D eigenvalue weighted by molar-refractivity contribution is 5.98. The van der Waals surface area contributed by atoms with E-state index in [0.717, 1.165) is 12.2 Å². The lowest BCUT2D eigenvalue weighted by molar-refractivity contribution is -0.110. The number of aliphatic hydroxyl groups is 1. The van der Waals surface area contributed by atoms with E-state index in [1.807, 2.05) is 13.0 Å². The third-order valence-electron chi connectivity index (χ3n) is 1.62. The fraction of sp³-hybridized carbons (Fsp3) is 0.250. The number of aliphatic hydroxyl groups excluding tert-OH is 1. The molecule has 0 aliphatic heterocycles. The predicted molar refractivity (Wildman–Crippen MR) is 59.4 cm³/mol. The average molecular weight is 208 g/mol. The lowest BCUT2D eigenvalue weighted by atomic mass is 10.4. The third kappa shape index (κ3) is 5.65. The lowest BCUT2D eigenvalue weighted by Crippen LogP contribution is -1.78. The maximum atomic E-state index is 9.94. The largest absolute Gasteiger partial charge is 0.464 e. The molecular weight excluding hydrogens is 192 g/mol. The molecule has 1 aromatic rings. The Morgan fingerprint density at radius 3 is 2.13 bits per heavy atom. The summed E-state index contributed by atoms with van der Waals surface area (Å²) in [6.45, 7) is 8.44. The number of aryl methyl sites for hydroxylation is 1. The van der Waals surface area contributed by atoms with E-state index in [0.29, 0.717) is 5.76 Å². The Labute approximate surface area is 89.7 Å². The van der Waals surface area contributed by atoms with Gasteiger partial charge in [-0.1, -0.05) is 20.1 Å². The second-order valence-corrected chi connectivity index (χ2v) is 2.69. The predicted octanol–water partition coefficient (Wildman–Crippen LogP) is 2.26. The molecule has 0 unspecified atom stereocenters. The van der Waals surface area contributed by atoms with E-state index in [2.05, 4.69) is 13.2 Å². The van der Waals surface area contributed by atoms with Crippen LogP contribution in [0.25, 0.3) is 0 Å². The fourth-order valence-electron chi connectivity index (χ4n) is 0.781. The molecule has 0 aliphatic rings. The van der Waals surface area contributed by atoms with Gasteiger partial charge in [-0.05, 0) is 24.3 Å². The van der Waals surface area contributed by atoms with Gasteiger partial charge in [-0.2, -0.15) is 0 Å². The fourth-order valence-corrected chi connectivity index (χ4v) is 0.781. The van der Waals surface area contributed by atoms with E-state index in [-0.39, 0.29) is 12.4 Å². The standard InChI is InChI=1S/C7H10O2.C5H6O/c1-2-6-3-4-7(5-8)9-6;1-3-5(6)4-2/h3-4,8H,2,5H2,1H3;3-4H,1-2H2. The molecule has 0 saturated carbocycles. The first kappa shape index (κ1) is 13.4. The minimum absolute atomic E-state index is 0. The average Bonchev–Trinajstić information content (AvgIpc) is 2.76. The van der Waals surface area contributed by atoms with Gasteiger partial charge in [-0.15, -0.1) is 0 Å². The first-order valence-corrected chi connectivity index (χ1v) is 4.65. The van der Waals surface area contributed by atoms with Crippen LogP contribution in [-0.4, -0.2) is 10.9 Å². The van der Waals surface area contributed by atoms with Crippen LogP contribution in [0, 0.1) is 0 Å². The smallest absolute Gasteiger partial charge is 0.177 e. The molecule has 1 aromatic heterocycles. The minimum atomic E-state index is -0.130. The first-order valence-electron chi connectivity index (χ1n) is 4.65. The van der Waals surface area contributed by atoms with Crippen molar-refractivity contribution in [3.8, 4) is 0 Å². The van der Waals surface area contributed by atoms with Crippen LogP contribution < -0.4 is 0 Å². The summed E-state index contributed by atoms with van der Waals surface area (Å²) in [5.74, 6) is 1.45. The molecule has 3 nitrogen and oxygen atoms in total. The Morgan fingerprint density at radius 2 is 1.93 bits per heavy atom. The van der Waals surface area contributed by atoms with Crippen molar-refractivity contribution >= 4 is 5.78 Å².